The van der Waals surface area contributed by atoms with E-state index in [4.69, 9.17) is 0 Å². The number of hydrogen-bond donors (Lipinski definition) is 1. The predicted molar refractivity (Wildman–Crippen MR) is 100 cm³/mol. The van der Waals surface area contributed by atoms with E-state index in [1.165, 1.54) is 11.9 Å². The zero-order valence-corrected chi connectivity index (χ0v) is 15.3. The normalized spacial score (nSPS) is 18.0. The summed E-state index contributed by atoms with van der Waals surface area (Å²) in [6.45, 7) is 1.25. The lowest BCUT2D eigenvalue weighted by molar-refractivity contribution is -0.162. The van der Waals surface area contributed by atoms with E-state index in [-0.39, 0.29) is 6.04 Å². The number of carbonyl (C=O) groups is 1. The Morgan fingerprint density at radius 1 is 1.36 bits per heavy atom. The number of piperidine rings is 1. The molecule has 0 radical (unpaired) electrons. The molecule has 6 nitrogen and oxygen atoms in total. The van der Waals surface area contributed by atoms with Gasteiger partial charge in [0, 0.05) is 55.0 Å². The maximum absolute atomic E-state index is 12.6. The molecule has 0 saturated carbocycles. The Labute approximate surface area is 159 Å². The summed E-state index contributed by atoms with van der Waals surface area (Å²) in [5.74, 6) is -0.892. The van der Waals surface area contributed by atoms with Crippen LogP contribution in [0.4, 0.5) is 18.9 Å². The number of pyridine rings is 2. The highest BCUT2D eigenvalue weighted by Gasteiger charge is 2.35. The van der Waals surface area contributed by atoms with E-state index < -0.39 is 18.5 Å². The summed E-state index contributed by atoms with van der Waals surface area (Å²) in [7, 11) is 1.46. The molecule has 4 rings (SSSR count). The number of aromatic nitrogens is 3. The highest BCUT2D eigenvalue weighted by Crippen LogP contribution is 2.33. The number of nitrogens with one attached hydrogen (secondary N) is 1. The molecule has 3 aromatic rings. The lowest BCUT2D eigenvalue weighted by Gasteiger charge is -2.39. The smallest absolute Gasteiger partial charge is 0.369 e. The predicted octanol–water partition coefficient (Wildman–Crippen LogP) is 3.49. The molecule has 1 fully saturated rings. The van der Waals surface area contributed by atoms with Gasteiger partial charge >= 0.3 is 6.18 Å². The molecule has 1 amide bonds. The molecule has 1 atom stereocenters. The number of likely N-dealkylation sites (N-methyl/N-ethyl adjacent to an activating group) is 1. The Kier molecular flexibility index (Phi) is 4.60. The second-order valence-electron chi connectivity index (χ2n) is 7.13. The average molecular weight is 391 g/mol. The first-order valence-electron chi connectivity index (χ1n) is 9.11. The van der Waals surface area contributed by atoms with Gasteiger partial charge in [-0.25, -0.2) is 4.98 Å². The molecular formula is C19H20F3N5O. The van der Waals surface area contributed by atoms with Crippen LogP contribution in [0.1, 0.15) is 19.3 Å². The largest absolute Gasteiger partial charge is 0.397 e. The van der Waals surface area contributed by atoms with Crippen molar-refractivity contribution >= 4 is 33.5 Å². The molecule has 1 aliphatic rings. The summed E-state index contributed by atoms with van der Waals surface area (Å²) < 4.78 is 37.8. The van der Waals surface area contributed by atoms with Gasteiger partial charge in [0.15, 0.2) is 0 Å². The summed E-state index contributed by atoms with van der Waals surface area (Å²) in [6, 6.07) is 3.58. The molecule has 1 N–H and O–H groups in total. The van der Waals surface area contributed by atoms with E-state index in [0.717, 1.165) is 40.6 Å². The topological polar surface area (TPSA) is 65.1 Å². The highest BCUT2D eigenvalue weighted by atomic mass is 19.4. The van der Waals surface area contributed by atoms with Crippen LogP contribution in [0.5, 0.6) is 0 Å². The summed E-state index contributed by atoms with van der Waals surface area (Å²) in [6.07, 6.45) is 0.788. The standard InChI is InChI=1S/C19H20F3N5O/c1-26(16(28)9-19(20,21)22)12-3-2-8-27(11-12)15-5-7-23-14-10-25-18-13(17(14)15)4-6-24-18/h4-7,10,12H,2-3,8-9,11H2,1H3,(H,24,25). The van der Waals surface area contributed by atoms with Crippen LogP contribution in [0.25, 0.3) is 21.9 Å². The molecule has 4 heterocycles. The van der Waals surface area contributed by atoms with Gasteiger partial charge in [-0.3, -0.25) is 9.78 Å². The quantitative estimate of drug-likeness (QED) is 0.742. The summed E-state index contributed by atoms with van der Waals surface area (Å²) >= 11 is 0. The van der Waals surface area contributed by atoms with E-state index in [9.17, 15) is 18.0 Å². The number of alkyl halides is 3. The molecule has 1 aliphatic heterocycles. The Balaban J connectivity index is 1.63. The highest BCUT2D eigenvalue weighted by molar-refractivity contribution is 6.10. The minimum absolute atomic E-state index is 0.268. The van der Waals surface area contributed by atoms with Gasteiger partial charge in [0.25, 0.3) is 0 Å². The number of anilines is 1. The van der Waals surface area contributed by atoms with Gasteiger partial charge in [-0.15, -0.1) is 0 Å². The van der Waals surface area contributed by atoms with Gasteiger partial charge in [0.05, 0.1) is 11.7 Å². The first-order chi connectivity index (χ1) is 13.3. The number of fused-ring (bicyclic) bond motifs is 3. The number of amides is 1. The van der Waals surface area contributed by atoms with Crippen LogP contribution in [-0.4, -0.2) is 58.1 Å². The third-order valence-corrected chi connectivity index (χ3v) is 5.30. The lowest BCUT2D eigenvalue weighted by Crippen LogP contribution is -2.49. The van der Waals surface area contributed by atoms with E-state index >= 15 is 0 Å². The molecule has 0 aliphatic carbocycles. The Morgan fingerprint density at radius 3 is 2.96 bits per heavy atom. The molecule has 0 spiro atoms. The fourth-order valence-corrected chi connectivity index (χ4v) is 3.89. The van der Waals surface area contributed by atoms with Gasteiger partial charge in [0.1, 0.15) is 12.1 Å². The van der Waals surface area contributed by atoms with Crippen LogP contribution >= 0.6 is 0 Å². The van der Waals surface area contributed by atoms with Crippen molar-refractivity contribution in [2.45, 2.75) is 31.5 Å². The van der Waals surface area contributed by atoms with Crippen LogP contribution in [-0.2, 0) is 4.79 Å². The van der Waals surface area contributed by atoms with E-state index in [1.54, 1.807) is 12.4 Å². The molecule has 0 bridgehead atoms. The second-order valence-corrected chi connectivity index (χ2v) is 7.13. The van der Waals surface area contributed by atoms with Gasteiger partial charge < -0.3 is 14.8 Å². The van der Waals surface area contributed by atoms with Crippen molar-refractivity contribution in [3.8, 4) is 0 Å². The Bertz CT molecular complexity index is 1020. The van der Waals surface area contributed by atoms with E-state index in [1.807, 2.05) is 18.3 Å². The second kappa shape index (κ2) is 6.96. The fourth-order valence-electron chi connectivity index (χ4n) is 3.89. The maximum atomic E-state index is 12.6. The number of H-pyrrole nitrogens is 1. The summed E-state index contributed by atoms with van der Waals surface area (Å²) in [5, 5.41) is 1.91. The first kappa shape index (κ1) is 18.5. The monoisotopic (exact) mass is 391 g/mol. The molecule has 1 saturated heterocycles. The third kappa shape index (κ3) is 3.48. The third-order valence-electron chi connectivity index (χ3n) is 5.30. The number of aromatic amines is 1. The Hall–Kier alpha value is -2.84. The number of carbonyl (C=O) groups excluding carboxylic acids is 1. The number of rotatable bonds is 3. The molecular weight excluding hydrogens is 371 g/mol. The number of nitrogens with zero attached hydrogens (tertiary/aromatic N) is 4. The van der Waals surface area contributed by atoms with Crippen molar-refractivity contribution in [2.24, 2.45) is 0 Å². The van der Waals surface area contributed by atoms with Gasteiger partial charge in [-0.1, -0.05) is 0 Å². The van der Waals surface area contributed by atoms with Crippen LogP contribution < -0.4 is 4.90 Å². The summed E-state index contributed by atoms with van der Waals surface area (Å²) in [4.78, 5) is 27.2. The van der Waals surface area contributed by atoms with Crippen molar-refractivity contribution in [3.63, 3.8) is 0 Å². The minimum Gasteiger partial charge on any atom is -0.369 e. The summed E-state index contributed by atoms with van der Waals surface area (Å²) in [5.41, 5.74) is 2.47. The average Bonchev–Trinajstić information content (AvgIpc) is 3.14. The number of halogens is 3. The van der Waals surface area contributed by atoms with Crippen molar-refractivity contribution in [1.29, 1.82) is 0 Å². The van der Waals surface area contributed by atoms with Gasteiger partial charge in [-0.05, 0) is 25.0 Å². The molecule has 28 heavy (non-hydrogen) atoms. The van der Waals surface area contributed by atoms with Crippen molar-refractivity contribution in [2.75, 3.05) is 25.0 Å². The molecule has 9 heteroatoms. The number of hydrogen-bond acceptors (Lipinski definition) is 4. The van der Waals surface area contributed by atoms with Gasteiger partial charge in [0.2, 0.25) is 5.91 Å². The molecule has 1 unspecified atom stereocenters. The van der Waals surface area contributed by atoms with Crippen molar-refractivity contribution in [3.05, 3.63) is 30.7 Å². The van der Waals surface area contributed by atoms with Crippen LogP contribution in [0.2, 0.25) is 0 Å². The van der Waals surface area contributed by atoms with Crippen LogP contribution in [0, 0.1) is 0 Å². The first-order valence-corrected chi connectivity index (χ1v) is 9.11. The molecule has 0 aromatic carbocycles. The zero-order chi connectivity index (χ0) is 19.9. The van der Waals surface area contributed by atoms with Crippen molar-refractivity contribution in [1.82, 2.24) is 19.9 Å². The van der Waals surface area contributed by atoms with Crippen molar-refractivity contribution < 1.29 is 18.0 Å². The molecule has 3 aromatic heterocycles. The lowest BCUT2D eigenvalue weighted by atomic mass is 10.0. The van der Waals surface area contributed by atoms with Crippen LogP contribution in [0.3, 0.4) is 0 Å². The minimum atomic E-state index is -4.49. The molecule has 148 valence electrons. The van der Waals surface area contributed by atoms with E-state index in [0.29, 0.717) is 13.0 Å². The SMILES string of the molecule is CN(C(=O)CC(F)(F)F)C1CCCN(c2ccnc3cnc4[nH]ccc4c23)C1. The van der Waals surface area contributed by atoms with Crippen LogP contribution in [0.15, 0.2) is 30.7 Å². The zero-order valence-electron chi connectivity index (χ0n) is 15.3. The van der Waals surface area contributed by atoms with E-state index in [2.05, 4.69) is 19.9 Å². The fraction of sp³-hybridized carbons (Fsp3) is 0.421. The Morgan fingerprint density at radius 2 is 2.18 bits per heavy atom. The maximum Gasteiger partial charge on any atom is 0.397 e. The van der Waals surface area contributed by atoms with Gasteiger partial charge in [-0.2, -0.15) is 13.2 Å².